The highest BCUT2D eigenvalue weighted by atomic mass is 79.9. The standard InChI is InChI=1S/C20H18BrClN2O3S/c1-20(11-15(20)19(23)25)10-13-7-12-8-17(22)16(21)9-18(12)24(13)28(26,27)14-5-3-2-4-6-14/h2-9,15H,10-11H2,1H3,(H2,23,25). The molecule has 1 aliphatic carbocycles. The van der Waals surface area contributed by atoms with Crippen LogP contribution in [0.4, 0.5) is 0 Å². The van der Waals surface area contributed by atoms with E-state index in [0.717, 1.165) is 5.39 Å². The Kier molecular flexibility index (Phi) is 4.60. The van der Waals surface area contributed by atoms with E-state index in [9.17, 15) is 13.2 Å². The summed E-state index contributed by atoms with van der Waals surface area (Å²) in [5.41, 5.74) is 6.27. The van der Waals surface area contributed by atoms with Gasteiger partial charge in [-0.2, -0.15) is 0 Å². The lowest BCUT2D eigenvalue weighted by atomic mass is 9.99. The maximum Gasteiger partial charge on any atom is 0.268 e. The van der Waals surface area contributed by atoms with Crippen LogP contribution in [-0.4, -0.2) is 18.3 Å². The molecule has 0 aliphatic heterocycles. The highest BCUT2D eigenvalue weighted by Crippen LogP contribution is 2.54. The number of fused-ring (bicyclic) bond motifs is 1. The Balaban J connectivity index is 1.93. The van der Waals surface area contributed by atoms with E-state index in [1.807, 2.05) is 13.0 Å². The first kappa shape index (κ1) is 19.5. The summed E-state index contributed by atoms with van der Waals surface area (Å²) in [5, 5.41) is 1.23. The van der Waals surface area contributed by atoms with Crippen LogP contribution in [0, 0.1) is 11.3 Å². The first-order valence-corrected chi connectivity index (χ1v) is 11.3. The van der Waals surface area contributed by atoms with Crippen LogP contribution in [-0.2, 0) is 21.2 Å². The molecule has 1 aromatic heterocycles. The molecule has 2 N–H and O–H groups in total. The molecular weight excluding hydrogens is 464 g/mol. The Morgan fingerprint density at radius 3 is 2.57 bits per heavy atom. The Morgan fingerprint density at radius 1 is 1.29 bits per heavy atom. The number of nitrogens with zero attached hydrogens (tertiary/aromatic N) is 1. The SMILES string of the molecule is CC1(Cc2cc3cc(Cl)c(Br)cc3n2S(=O)(=O)c2ccccc2)CC1C(N)=O. The van der Waals surface area contributed by atoms with Gasteiger partial charge in [0, 0.05) is 21.5 Å². The van der Waals surface area contributed by atoms with E-state index in [1.54, 1.807) is 42.5 Å². The highest BCUT2D eigenvalue weighted by Gasteiger charge is 2.54. The Hall–Kier alpha value is -1.83. The lowest BCUT2D eigenvalue weighted by molar-refractivity contribution is -0.119. The summed E-state index contributed by atoms with van der Waals surface area (Å²) in [4.78, 5) is 11.8. The molecular formula is C20H18BrClN2O3S. The summed E-state index contributed by atoms with van der Waals surface area (Å²) in [6, 6.07) is 13.6. The summed E-state index contributed by atoms with van der Waals surface area (Å²) < 4.78 is 28.9. The number of benzene rings is 2. The Labute approximate surface area is 176 Å². The molecule has 1 amide bonds. The van der Waals surface area contributed by atoms with E-state index < -0.39 is 10.0 Å². The van der Waals surface area contributed by atoms with Crippen molar-refractivity contribution in [3.05, 3.63) is 63.7 Å². The number of aromatic nitrogens is 1. The second-order valence-corrected chi connectivity index (χ2v) is 10.6. The second kappa shape index (κ2) is 6.61. The van der Waals surface area contributed by atoms with Crippen molar-refractivity contribution in [1.29, 1.82) is 0 Å². The van der Waals surface area contributed by atoms with Gasteiger partial charge >= 0.3 is 0 Å². The molecule has 0 bridgehead atoms. The van der Waals surface area contributed by atoms with E-state index in [2.05, 4.69) is 15.9 Å². The van der Waals surface area contributed by atoms with E-state index >= 15 is 0 Å². The number of amides is 1. The zero-order valence-electron chi connectivity index (χ0n) is 15.0. The first-order chi connectivity index (χ1) is 13.1. The third kappa shape index (κ3) is 3.15. The van der Waals surface area contributed by atoms with Crippen molar-refractivity contribution in [1.82, 2.24) is 3.97 Å². The maximum absolute atomic E-state index is 13.5. The van der Waals surface area contributed by atoms with Gasteiger partial charge in [0.1, 0.15) is 0 Å². The molecule has 8 heteroatoms. The first-order valence-electron chi connectivity index (χ1n) is 8.73. The normalized spacial score (nSPS) is 21.8. The number of primary amides is 1. The quantitative estimate of drug-likeness (QED) is 0.588. The molecule has 4 rings (SSSR count). The van der Waals surface area contributed by atoms with Gasteiger partial charge in [0.05, 0.1) is 15.4 Å². The zero-order chi connectivity index (χ0) is 20.3. The Morgan fingerprint density at radius 2 is 1.96 bits per heavy atom. The fourth-order valence-electron chi connectivity index (χ4n) is 3.80. The van der Waals surface area contributed by atoms with Crippen molar-refractivity contribution in [3.63, 3.8) is 0 Å². The van der Waals surface area contributed by atoms with Crippen LogP contribution in [0.3, 0.4) is 0 Å². The van der Waals surface area contributed by atoms with Crippen LogP contribution in [0.2, 0.25) is 5.02 Å². The summed E-state index contributed by atoms with van der Waals surface area (Å²) in [6.07, 6.45) is 1.08. The number of nitrogens with two attached hydrogens (primary N) is 1. The summed E-state index contributed by atoms with van der Waals surface area (Å²) in [6.45, 7) is 1.96. The number of hydrogen-bond donors (Lipinski definition) is 1. The lowest BCUT2D eigenvalue weighted by Gasteiger charge is -2.15. The monoisotopic (exact) mass is 480 g/mol. The van der Waals surface area contributed by atoms with Gasteiger partial charge in [-0.25, -0.2) is 12.4 Å². The molecule has 1 aliphatic rings. The molecule has 0 spiro atoms. The number of hydrogen-bond acceptors (Lipinski definition) is 3. The molecule has 2 unspecified atom stereocenters. The Bertz CT molecular complexity index is 1210. The summed E-state index contributed by atoms with van der Waals surface area (Å²) in [7, 11) is -3.83. The minimum Gasteiger partial charge on any atom is -0.369 e. The predicted octanol–water partition coefficient (Wildman–Crippen LogP) is 4.35. The topological polar surface area (TPSA) is 82.2 Å². The molecule has 3 aromatic rings. The molecule has 2 atom stereocenters. The molecule has 1 saturated carbocycles. The molecule has 28 heavy (non-hydrogen) atoms. The largest absolute Gasteiger partial charge is 0.369 e. The predicted molar refractivity (Wildman–Crippen MR) is 113 cm³/mol. The summed E-state index contributed by atoms with van der Waals surface area (Å²) >= 11 is 9.61. The van der Waals surface area contributed by atoms with Crippen LogP contribution >= 0.6 is 27.5 Å². The molecule has 2 aromatic carbocycles. The van der Waals surface area contributed by atoms with Gasteiger partial charge in [0.15, 0.2) is 0 Å². The fourth-order valence-corrected chi connectivity index (χ4v) is 5.86. The van der Waals surface area contributed by atoms with Crippen molar-refractivity contribution in [3.8, 4) is 0 Å². The second-order valence-electron chi connectivity index (χ2n) is 7.53. The average Bonchev–Trinajstić information content (AvgIpc) is 3.19. The minimum atomic E-state index is -3.83. The van der Waals surface area contributed by atoms with Gasteiger partial charge in [-0.1, -0.05) is 36.7 Å². The van der Waals surface area contributed by atoms with E-state index in [0.29, 0.717) is 33.5 Å². The van der Waals surface area contributed by atoms with Crippen molar-refractivity contribution >= 4 is 54.4 Å². The van der Waals surface area contributed by atoms with Crippen LogP contribution in [0.5, 0.6) is 0 Å². The van der Waals surface area contributed by atoms with Crippen LogP contribution in [0.15, 0.2) is 57.9 Å². The summed E-state index contributed by atoms with van der Waals surface area (Å²) in [5.74, 6) is -0.587. The van der Waals surface area contributed by atoms with Gasteiger partial charge in [-0.15, -0.1) is 0 Å². The smallest absolute Gasteiger partial charge is 0.268 e. The number of carbonyl (C=O) groups excluding carboxylic acids is 1. The van der Waals surface area contributed by atoms with Crippen LogP contribution in [0.1, 0.15) is 19.0 Å². The lowest BCUT2D eigenvalue weighted by Crippen LogP contribution is -2.21. The third-order valence-corrected chi connectivity index (χ3v) is 8.41. The number of halogens is 2. The fraction of sp³-hybridized carbons (Fsp3) is 0.250. The van der Waals surface area contributed by atoms with Crippen LogP contribution < -0.4 is 5.73 Å². The van der Waals surface area contributed by atoms with E-state index in [1.165, 1.54) is 3.97 Å². The van der Waals surface area contributed by atoms with Gasteiger partial charge in [0.2, 0.25) is 5.91 Å². The van der Waals surface area contributed by atoms with Gasteiger partial charge in [-0.05, 0) is 64.5 Å². The molecule has 146 valence electrons. The minimum absolute atomic E-state index is 0.201. The molecule has 0 radical (unpaired) electrons. The number of rotatable bonds is 5. The van der Waals surface area contributed by atoms with Gasteiger partial charge in [0.25, 0.3) is 10.0 Å². The van der Waals surface area contributed by atoms with Crippen molar-refractivity contribution < 1.29 is 13.2 Å². The van der Waals surface area contributed by atoms with Gasteiger partial charge < -0.3 is 5.73 Å². The molecule has 0 saturated heterocycles. The van der Waals surface area contributed by atoms with Crippen molar-refractivity contribution in [2.45, 2.75) is 24.7 Å². The van der Waals surface area contributed by atoms with Crippen molar-refractivity contribution in [2.75, 3.05) is 0 Å². The number of carbonyl (C=O) groups is 1. The average molecular weight is 482 g/mol. The van der Waals surface area contributed by atoms with Crippen molar-refractivity contribution in [2.24, 2.45) is 17.1 Å². The molecule has 1 heterocycles. The zero-order valence-corrected chi connectivity index (χ0v) is 18.2. The van der Waals surface area contributed by atoms with E-state index in [-0.39, 0.29) is 22.1 Å². The van der Waals surface area contributed by atoms with E-state index in [4.69, 9.17) is 17.3 Å². The van der Waals surface area contributed by atoms with Gasteiger partial charge in [-0.3, -0.25) is 4.79 Å². The molecule has 1 fully saturated rings. The maximum atomic E-state index is 13.5. The van der Waals surface area contributed by atoms with Crippen LogP contribution in [0.25, 0.3) is 10.9 Å². The third-order valence-electron chi connectivity index (χ3n) is 5.43. The highest BCUT2D eigenvalue weighted by molar-refractivity contribution is 9.10. The molecule has 5 nitrogen and oxygen atoms in total.